The highest BCUT2D eigenvalue weighted by molar-refractivity contribution is 5.74. The molecule has 1 aromatic carbocycles. The van der Waals surface area contributed by atoms with Gasteiger partial charge in [-0.2, -0.15) is 0 Å². The van der Waals surface area contributed by atoms with E-state index in [-0.39, 0.29) is 0 Å². The Labute approximate surface area is 249 Å². The van der Waals surface area contributed by atoms with E-state index in [0.29, 0.717) is 39.6 Å². The summed E-state index contributed by atoms with van der Waals surface area (Å²) in [4.78, 5) is 13.8. The van der Waals surface area contributed by atoms with Crippen LogP contribution in [0, 0.1) is 0 Å². The second kappa shape index (κ2) is 20.2. The van der Waals surface area contributed by atoms with Crippen LogP contribution in [0.3, 0.4) is 0 Å². The van der Waals surface area contributed by atoms with Gasteiger partial charge in [0.15, 0.2) is 0 Å². The van der Waals surface area contributed by atoms with Crippen molar-refractivity contribution in [1.29, 1.82) is 0 Å². The number of benzene rings is 1. The highest BCUT2D eigenvalue weighted by Crippen LogP contribution is 2.29. The Kier molecular flexibility index (Phi) is 15.8. The van der Waals surface area contributed by atoms with Crippen molar-refractivity contribution in [1.82, 2.24) is 25.6 Å². The van der Waals surface area contributed by atoms with Crippen molar-refractivity contribution in [3.05, 3.63) is 85.2 Å². The largest absolute Gasteiger partial charge is 0.491 e. The fourth-order valence-electron chi connectivity index (χ4n) is 3.95. The molecule has 3 aromatic heterocycles. The van der Waals surface area contributed by atoms with Gasteiger partial charge in [0.25, 0.3) is 0 Å². The maximum Gasteiger partial charge on any atom is 0.119 e. The molecule has 0 aliphatic carbocycles. The lowest BCUT2D eigenvalue weighted by atomic mass is 10.0. The summed E-state index contributed by atoms with van der Waals surface area (Å²) in [6, 6.07) is 23.8. The zero-order valence-electron chi connectivity index (χ0n) is 24.8. The Morgan fingerprint density at radius 1 is 0.595 bits per heavy atom. The van der Waals surface area contributed by atoms with Crippen LogP contribution >= 0.6 is 0 Å². The topological polar surface area (TPSA) is 116 Å². The number of nitrogens with one attached hydrogen (secondary N) is 2. The lowest BCUT2D eigenvalue weighted by Gasteiger charge is -2.11. The maximum atomic E-state index is 5.86. The van der Waals surface area contributed by atoms with Crippen LogP contribution in [0.1, 0.15) is 13.8 Å². The second-order valence-corrected chi connectivity index (χ2v) is 8.94. The van der Waals surface area contributed by atoms with E-state index in [2.05, 4.69) is 32.7 Å². The molecule has 0 atom stereocenters. The molecular weight excluding hydrogens is 528 g/mol. The molecule has 42 heavy (non-hydrogen) atoms. The van der Waals surface area contributed by atoms with Crippen LogP contribution in [0.15, 0.2) is 85.2 Å². The van der Waals surface area contributed by atoms with Crippen molar-refractivity contribution in [3.63, 3.8) is 0 Å². The lowest BCUT2D eigenvalue weighted by Crippen LogP contribution is -2.32. The standard InChI is InChI=1S/C31H38N6O3.C2H6/c32-11-14-33-15-16-34-17-18-38-19-20-39-21-22-40-27-9-7-25(8-10-27)26-23-30(28-5-1-3-12-35-28)37-31(24-26)29-6-2-4-13-36-29;1-2/h1-10,12-13,23-24,33-34H,11,14-22,32H2;1-2H3. The molecule has 0 saturated carbocycles. The van der Waals surface area contributed by atoms with Crippen LogP contribution in [0.5, 0.6) is 5.75 Å². The Morgan fingerprint density at radius 3 is 1.74 bits per heavy atom. The summed E-state index contributed by atoms with van der Waals surface area (Å²) < 4.78 is 17.1. The van der Waals surface area contributed by atoms with Gasteiger partial charge in [-0.05, 0) is 59.7 Å². The lowest BCUT2D eigenvalue weighted by molar-refractivity contribution is 0.0373. The third-order valence-corrected chi connectivity index (χ3v) is 5.96. The van der Waals surface area contributed by atoms with Gasteiger partial charge in [-0.15, -0.1) is 0 Å². The summed E-state index contributed by atoms with van der Waals surface area (Å²) in [5, 5.41) is 6.55. The first-order valence-corrected chi connectivity index (χ1v) is 14.7. The average Bonchev–Trinajstić information content (AvgIpc) is 3.07. The number of ether oxygens (including phenoxy) is 3. The van der Waals surface area contributed by atoms with E-state index in [0.717, 1.165) is 65.8 Å². The molecule has 0 spiro atoms. The summed E-state index contributed by atoms with van der Waals surface area (Å²) in [5.41, 5.74) is 10.7. The van der Waals surface area contributed by atoms with Crippen LogP contribution in [0.2, 0.25) is 0 Å². The molecule has 0 bridgehead atoms. The second-order valence-electron chi connectivity index (χ2n) is 8.94. The number of pyridine rings is 3. The van der Waals surface area contributed by atoms with Gasteiger partial charge in [0, 0.05) is 45.1 Å². The van der Waals surface area contributed by atoms with Gasteiger partial charge in [0.1, 0.15) is 12.4 Å². The first kappa shape index (κ1) is 32.8. The smallest absolute Gasteiger partial charge is 0.119 e. The zero-order chi connectivity index (χ0) is 29.7. The van der Waals surface area contributed by atoms with E-state index in [1.165, 1.54) is 0 Å². The van der Waals surface area contributed by atoms with Crippen LogP contribution in [-0.2, 0) is 9.47 Å². The number of rotatable bonds is 18. The Bertz CT molecular complexity index is 1190. The maximum absolute atomic E-state index is 5.86. The van der Waals surface area contributed by atoms with E-state index in [9.17, 15) is 0 Å². The molecule has 0 radical (unpaired) electrons. The van der Waals surface area contributed by atoms with Crippen molar-refractivity contribution in [3.8, 4) is 39.7 Å². The van der Waals surface area contributed by atoms with Crippen LogP contribution in [-0.4, -0.2) is 80.7 Å². The van der Waals surface area contributed by atoms with Gasteiger partial charge < -0.3 is 30.6 Å². The van der Waals surface area contributed by atoms with E-state index in [1.54, 1.807) is 12.4 Å². The van der Waals surface area contributed by atoms with Gasteiger partial charge >= 0.3 is 0 Å². The van der Waals surface area contributed by atoms with Crippen molar-refractivity contribution < 1.29 is 14.2 Å². The molecule has 0 fully saturated rings. The molecule has 0 unspecified atom stereocenters. The Morgan fingerprint density at radius 2 is 1.17 bits per heavy atom. The summed E-state index contributed by atoms with van der Waals surface area (Å²) in [6.07, 6.45) is 3.55. The summed E-state index contributed by atoms with van der Waals surface area (Å²) >= 11 is 0. The molecule has 0 amide bonds. The number of aromatic nitrogens is 3. The monoisotopic (exact) mass is 572 g/mol. The molecule has 9 heteroatoms. The van der Waals surface area contributed by atoms with Gasteiger partial charge in [0.05, 0.1) is 49.2 Å². The van der Waals surface area contributed by atoms with Crippen molar-refractivity contribution >= 4 is 0 Å². The molecule has 4 rings (SSSR count). The Hall–Kier alpha value is -3.73. The zero-order valence-corrected chi connectivity index (χ0v) is 24.8. The quantitative estimate of drug-likeness (QED) is 0.149. The van der Waals surface area contributed by atoms with Crippen LogP contribution in [0.4, 0.5) is 0 Å². The first-order valence-electron chi connectivity index (χ1n) is 14.7. The molecule has 4 aromatic rings. The fourth-order valence-corrected chi connectivity index (χ4v) is 3.95. The molecule has 0 aliphatic heterocycles. The molecule has 3 heterocycles. The van der Waals surface area contributed by atoms with Crippen molar-refractivity contribution in [2.45, 2.75) is 13.8 Å². The van der Waals surface area contributed by atoms with E-state index >= 15 is 0 Å². The summed E-state index contributed by atoms with van der Waals surface area (Å²) in [5.74, 6) is 0.791. The van der Waals surface area contributed by atoms with E-state index < -0.39 is 0 Å². The van der Waals surface area contributed by atoms with Gasteiger partial charge in [-0.1, -0.05) is 38.1 Å². The normalized spacial score (nSPS) is 10.6. The predicted molar refractivity (Wildman–Crippen MR) is 169 cm³/mol. The molecule has 0 saturated heterocycles. The van der Waals surface area contributed by atoms with Crippen molar-refractivity contribution in [2.24, 2.45) is 5.73 Å². The summed E-state index contributed by atoms with van der Waals surface area (Å²) in [6.45, 7) is 10.9. The van der Waals surface area contributed by atoms with Crippen LogP contribution < -0.4 is 21.1 Å². The third-order valence-electron chi connectivity index (χ3n) is 5.96. The fraction of sp³-hybridized carbons (Fsp3) is 0.364. The minimum absolute atomic E-state index is 0.472. The minimum Gasteiger partial charge on any atom is -0.491 e. The number of hydrogen-bond acceptors (Lipinski definition) is 9. The number of hydrogen-bond donors (Lipinski definition) is 3. The molecular formula is C33H44N6O3. The number of nitrogens with two attached hydrogens (primary N) is 1. The SMILES string of the molecule is CC.NCCNCCNCCOCCOCCOc1ccc(-c2cc(-c3ccccn3)nc(-c3ccccn3)c2)cc1. The molecule has 0 aliphatic rings. The summed E-state index contributed by atoms with van der Waals surface area (Å²) in [7, 11) is 0. The van der Waals surface area contributed by atoms with Crippen LogP contribution in [0.25, 0.3) is 33.9 Å². The number of nitrogens with zero attached hydrogens (tertiary/aromatic N) is 3. The Balaban J connectivity index is 0.00000237. The average molecular weight is 573 g/mol. The van der Waals surface area contributed by atoms with E-state index in [1.807, 2.05) is 74.5 Å². The van der Waals surface area contributed by atoms with Crippen molar-refractivity contribution in [2.75, 3.05) is 65.8 Å². The molecule has 4 N–H and O–H groups in total. The minimum atomic E-state index is 0.472. The van der Waals surface area contributed by atoms with Gasteiger partial charge in [-0.25, -0.2) is 4.98 Å². The molecule has 224 valence electrons. The molecule has 9 nitrogen and oxygen atoms in total. The van der Waals surface area contributed by atoms with Gasteiger partial charge in [0.2, 0.25) is 0 Å². The predicted octanol–water partition coefficient (Wildman–Crippen LogP) is 4.45. The first-order chi connectivity index (χ1) is 20.8. The third kappa shape index (κ3) is 11.6. The van der Waals surface area contributed by atoms with E-state index in [4.69, 9.17) is 24.9 Å². The highest BCUT2D eigenvalue weighted by atomic mass is 16.5. The van der Waals surface area contributed by atoms with Gasteiger partial charge in [-0.3, -0.25) is 9.97 Å². The highest BCUT2D eigenvalue weighted by Gasteiger charge is 2.10.